The van der Waals surface area contributed by atoms with Gasteiger partial charge in [-0.2, -0.15) is 0 Å². The van der Waals surface area contributed by atoms with Crippen molar-refractivity contribution in [3.8, 4) is 11.3 Å². The van der Waals surface area contributed by atoms with Gasteiger partial charge < -0.3 is 19.4 Å². The maximum absolute atomic E-state index is 12.4. The van der Waals surface area contributed by atoms with E-state index in [9.17, 15) is 9.90 Å². The molecule has 170 valence electrons. The third-order valence-electron chi connectivity index (χ3n) is 6.84. The predicted molar refractivity (Wildman–Crippen MR) is 128 cm³/mol. The second kappa shape index (κ2) is 9.24. The van der Waals surface area contributed by atoms with Gasteiger partial charge in [0, 0.05) is 23.3 Å². The van der Waals surface area contributed by atoms with Crippen molar-refractivity contribution in [1.29, 1.82) is 0 Å². The van der Waals surface area contributed by atoms with Crippen molar-refractivity contribution in [1.82, 2.24) is 14.5 Å². The van der Waals surface area contributed by atoms with Crippen LogP contribution in [0.1, 0.15) is 65.3 Å². The number of rotatable bonds is 6. The first-order valence-electron chi connectivity index (χ1n) is 11.6. The molecule has 0 saturated heterocycles. The number of aromatic amines is 1. The van der Waals surface area contributed by atoms with E-state index in [1.165, 1.54) is 31.9 Å². The van der Waals surface area contributed by atoms with Crippen molar-refractivity contribution < 1.29 is 14.6 Å². The summed E-state index contributed by atoms with van der Waals surface area (Å²) in [6, 6.07) is 13.9. The maximum Gasteiger partial charge on any atom is 0.337 e. The Morgan fingerprint density at radius 3 is 2.73 bits per heavy atom. The van der Waals surface area contributed by atoms with Crippen LogP contribution in [0.15, 0.2) is 54.9 Å². The number of nitrogens with zero attached hydrogens (tertiary/aromatic N) is 2. The molecule has 4 aromatic rings. The number of aliphatic hydroxyl groups is 1. The zero-order valence-electron chi connectivity index (χ0n) is 18.9. The van der Waals surface area contributed by atoms with Gasteiger partial charge >= 0.3 is 5.97 Å². The highest BCUT2D eigenvalue weighted by Gasteiger charge is 2.28. The number of H-pyrrole nitrogens is 1. The van der Waals surface area contributed by atoms with Crippen LogP contribution in [0.25, 0.3) is 22.2 Å². The van der Waals surface area contributed by atoms with E-state index in [2.05, 4.69) is 26.7 Å². The number of carbonyl (C=O) groups is 1. The molecule has 5 rings (SSSR count). The molecule has 0 amide bonds. The smallest absolute Gasteiger partial charge is 0.337 e. The Morgan fingerprint density at radius 1 is 1.18 bits per heavy atom. The minimum absolute atomic E-state index is 0.0318. The Kier molecular flexibility index (Phi) is 6.01. The number of ether oxygens (including phenoxy) is 1. The molecule has 1 saturated carbocycles. The Balaban J connectivity index is 1.84. The van der Waals surface area contributed by atoms with Crippen LogP contribution in [0.5, 0.6) is 0 Å². The minimum atomic E-state index is -0.348. The van der Waals surface area contributed by atoms with Crippen LogP contribution in [-0.4, -0.2) is 32.7 Å². The molecule has 1 fully saturated rings. The number of hydrogen-bond acceptors (Lipinski definition) is 4. The molecule has 2 aromatic carbocycles. The lowest BCUT2D eigenvalue weighted by Crippen LogP contribution is -2.09. The lowest BCUT2D eigenvalue weighted by atomic mass is 9.81. The summed E-state index contributed by atoms with van der Waals surface area (Å²) in [5.41, 5.74) is 5.86. The second-order valence-electron chi connectivity index (χ2n) is 8.76. The molecule has 0 bridgehead atoms. The number of fused-ring (bicyclic) bond motifs is 1. The highest BCUT2D eigenvalue weighted by Crippen LogP contribution is 2.45. The second-order valence-corrected chi connectivity index (χ2v) is 8.76. The lowest BCUT2D eigenvalue weighted by Gasteiger charge is -2.24. The Hall–Kier alpha value is -3.38. The third-order valence-corrected chi connectivity index (χ3v) is 6.84. The molecule has 1 aliphatic carbocycles. The van der Waals surface area contributed by atoms with Crippen molar-refractivity contribution >= 4 is 16.9 Å². The average Bonchev–Trinajstić information content (AvgIpc) is 3.50. The van der Waals surface area contributed by atoms with Crippen LogP contribution in [0.3, 0.4) is 0 Å². The molecular formula is C27H29N3O3. The van der Waals surface area contributed by atoms with Crippen molar-refractivity contribution in [3.05, 3.63) is 77.4 Å². The van der Waals surface area contributed by atoms with Crippen molar-refractivity contribution in [2.24, 2.45) is 0 Å². The molecule has 2 heterocycles. The van der Waals surface area contributed by atoms with Crippen LogP contribution >= 0.6 is 0 Å². The fourth-order valence-corrected chi connectivity index (χ4v) is 5.30. The average molecular weight is 444 g/mol. The molecule has 33 heavy (non-hydrogen) atoms. The summed E-state index contributed by atoms with van der Waals surface area (Å²) in [4.78, 5) is 20.1. The quantitative estimate of drug-likeness (QED) is 0.391. The van der Waals surface area contributed by atoms with Gasteiger partial charge in [0.15, 0.2) is 0 Å². The standard InChI is InChI=1S/C27H29N3O3/c1-33-27(32)19-11-12-22-23(15-19)30(16-24-28-13-14-29-24)26(21-10-6-5-9-20(21)17-31)25(22)18-7-3-2-4-8-18/h5-6,9-15,18,31H,2-4,7-8,16-17H2,1H3,(H,28,29). The van der Waals surface area contributed by atoms with Gasteiger partial charge in [-0.3, -0.25) is 0 Å². The number of carbonyl (C=O) groups excluding carboxylic acids is 1. The van der Waals surface area contributed by atoms with Gasteiger partial charge in [-0.05, 0) is 42.0 Å². The SMILES string of the molecule is COC(=O)c1ccc2c(C3CCCCC3)c(-c3ccccc3CO)n(Cc3ncc[nH]3)c2c1. The molecule has 0 radical (unpaired) electrons. The molecule has 1 aliphatic rings. The largest absolute Gasteiger partial charge is 0.465 e. The number of imidazole rings is 1. The van der Waals surface area contributed by atoms with Crippen molar-refractivity contribution in [3.63, 3.8) is 0 Å². The van der Waals surface area contributed by atoms with Crippen molar-refractivity contribution in [2.45, 2.75) is 51.2 Å². The number of aliphatic hydroxyl groups excluding tert-OH is 1. The van der Waals surface area contributed by atoms with E-state index < -0.39 is 0 Å². The van der Waals surface area contributed by atoms with Gasteiger partial charge in [0.25, 0.3) is 0 Å². The number of benzene rings is 2. The molecule has 6 nitrogen and oxygen atoms in total. The zero-order chi connectivity index (χ0) is 22.8. The lowest BCUT2D eigenvalue weighted by molar-refractivity contribution is 0.0601. The number of esters is 1. The predicted octanol–water partition coefficient (Wildman–Crippen LogP) is 5.41. The summed E-state index contributed by atoms with van der Waals surface area (Å²) in [5, 5.41) is 11.3. The zero-order valence-corrected chi connectivity index (χ0v) is 18.9. The Labute approximate surface area is 193 Å². The van der Waals surface area contributed by atoms with Crippen LogP contribution in [0, 0.1) is 0 Å². The molecule has 0 aliphatic heterocycles. The van der Waals surface area contributed by atoms with E-state index in [0.29, 0.717) is 18.0 Å². The molecule has 0 atom stereocenters. The number of methoxy groups -OCH3 is 1. The Morgan fingerprint density at radius 2 is 2.00 bits per heavy atom. The number of hydrogen-bond donors (Lipinski definition) is 2. The van der Waals surface area contributed by atoms with Crippen LogP contribution < -0.4 is 0 Å². The summed E-state index contributed by atoms with van der Waals surface area (Å²) in [6.07, 6.45) is 9.58. The van der Waals surface area contributed by atoms with Crippen LogP contribution in [0.2, 0.25) is 0 Å². The Bertz CT molecular complexity index is 1270. The van der Waals surface area contributed by atoms with Crippen LogP contribution in [-0.2, 0) is 17.9 Å². The number of nitrogens with one attached hydrogen (secondary N) is 1. The molecular weight excluding hydrogens is 414 g/mol. The summed E-state index contributed by atoms with van der Waals surface area (Å²) in [6.45, 7) is 0.506. The van der Waals surface area contributed by atoms with E-state index >= 15 is 0 Å². The van der Waals surface area contributed by atoms with E-state index in [1.54, 1.807) is 6.20 Å². The molecule has 2 N–H and O–H groups in total. The first-order chi connectivity index (χ1) is 16.2. The molecule has 0 spiro atoms. The van der Waals surface area contributed by atoms with Gasteiger partial charge in [0.2, 0.25) is 0 Å². The molecule has 6 heteroatoms. The normalized spacial score (nSPS) is 14.6. The minimum Gasteiger partial charge on any atom is -0.465 e. The monoisotopic (exact) mass is 443 g/mol. The summed E-state index contributed by atoms with van der Waals surface area (Å²) < 4.78 is 7.25. The summed E-state index contributed by atoms with van der Waals surface area (Å²) in [5.74, 6) is 0.928. The van der Waals surface area contributed by atoms with Gasteiger partial charge in [-0.1, -0.05) is 49.6 Å². The topological polar surface area (TPSA) is 80.1 Å². The summed E-state index contributed by atoms with van der Waals surface area (Å²) >= 11 is 0. The molecule has 2 aromatic heterocycles. The fraction of sp³-hybridized carbons (Fsp3) is 0.333. The van der Waals surface area contributed by atoms with Gasteiger partial charge in [0.1, 0.15) is 5.82 Å². The summed E-state index contributed by atoms with van der Waals surface area (Å²) in [7, 11) is 1.41. The first-order valence-corrected chi connectivity index (χ1v) is 11.6. The van der Waals surface area contributed by atoms with Crippen molar-refractivity contribution in [2.75, 3.05) is 7.11 Å². The van der Waals surface area contributed by atoms with E-state index in [1.807, 2.05) is 36.5 Å². The van der Waals surface area contributed by atoms with E-state index in [-0.39, 0.29) is 12.6 Å². The van der Waals surface area contributed by atoms with Crippen LogP contribution in [0.4, 0.5) is 0 Å². The maximum atomic E-state index is 12.4. The van der Waals surface area contributed by atoms with E-state index in [4.69, 9.17) is 4.74 Å². The molecule has 0 unspecified atom stereocenters. The van der Waals surface area contributed by atoms with Gasteiger partial charge in [-0.25, -0.2) is 9.78 Å². The first kappa shape index (κ1) is 21.5. The fourth-order valence-electron chi connectivity index (χ4n) is 5.30. The van der Waals surface area contributed by atoms with Gasteiger partial charge in [0.05, 0.1) is 37.0 Å². The number of aromatic nitrogens is 3. The highest BCUT2D eigenvalue weighted by molar-refractivity contribution is 5.99. The van der Waals surface area contributed by atoms with E-state index in [0.717, 1.165) is 46.4 Å². The van der Waals surface area contributed by atoms with Gasteiger partial charge in [-0.15, -0.1) is 0 Å². The highest BCUT2D eigenvalue weighted by atomic mass is 16.5. The third kappa shape index (κ3) is 3.95.